The Morgan fingerprint density at radius 2 is 1.68 bits per heavy atom. The highest BCUT2D eigenvalue weighted by atomic mass is 35.5. The van der Waals surface area contributed by atoms with Crippen molar-refractivity contribution in [2.24, 2.45) is 5.73 Å². The maximum absolute atomic E-state index is 12.4. The van der Waals surface area contributed by atoms with Crippen LogP contribution in [0.1, 0.15) is 24.3 Å². The number of benzene rings is 2. The quantitative estimate of drug-likeness (QED) is 0.805. The van der Waals surface area contributed by atoms with Gasteiger partial charge in [-0.15, -0.1) is 12.4 Å². The molecule has 4 nitrogen and oxygen atoms in total. The van der Waals surface area contributed by atoms with E-state index in [0.717, 1.165) is 12.2 Å². The van der Waals surface area contributed by atoms with Gasteiger partial charge in [0.1, 0.15) is 5.75 Å². The predicted octanol–water partition coefficient (Wildman–Crippen LogP) is 3.22. The van der Waals surface area contributed by atoms with Crippen molar-refractivity contribution in [2.45, 2.75) is 24.8 Å². The number of carbonyl (C=O) groups excluding carboxylic acids is 1. The second-order valence-electron chi connectivity index (χ2n) is 6.24. The van der Waals surface area contributed by atoms with Crippen molar-refractivity contribution in [3.8, 4) is 5.75 Å². The van der Waals surface area contributed by atoms with E-state index in [4.69, 9.17) is 10.5 Å². The topological polar surface area (TPSA) is 55.6 Å². The number of para-hydroxylation sites is 1. The Morgan fingerprint density at radius 3 is 2.36 bits per heavy atom. The maximum Gasteiger partial charge on any atom is 0.222 e. The van der Waals surface area contributed by atoms with E-state index < -0.39 is 0 Å². The number of rotatable bonds is 6. The molecular weight excluding hydrogens is 336 g/mol. The highest BCUT2D eigenvalue weighted by Gasteiger charge is 2.33. The Labute approximate surface area is 155 Å². The van der Waals surface area contributed by atoms with E-state index in [1.54, 1.807) is 0 Å². The van der Waals surface area contributed by atoms with Gasteiger partial charge in [0.05, 0.1) is 6.61 Å². The molecular formula is C20H25ClN2O2. The lowest BCUT2D eigenvalue weighted by molar-refractivity contribution is -0.130. The molecule has 2 aromatic rings. The number of hydrogen-bond donors (Lipinski definition) is 1. The van der Waals surface area contributed by atoms with Gasteiger partial charge in [-0.2, -0.15) is 0 Å². The van der Waals surface area contributed by atoms with Gasteiger partial charge >= 0.3 is 0 Å². The van der Waals surface area contributed by atoms with Crippen LogP contribution in [0.15, 0.2) is 60.7 Å². The van der Waals surface area contributed by atoms with E-state index >= 15 is 0 Å². The van der Waals surface area contributed by atoms with Gasteiger partial charge in [0.25, 0.3) is 0 Å². The molecule has 25 heavy (non-hydrogen) atoms. The Hall–Kier alpha value is -2.04. The summed E-state index contributed by atoms with van der Waals surface area (Å²) in [5.74, 6) is 1.24. The average Bonchev–Trinajstić information content (AvgIpc) is 3.02. The van der Waals surface area contributed by atoms with E-state index in [2.05, 4.69) is 12.1 Å². The molecule has 0 aliphatic carbocycles. The van der Waals surface area contributed by atoms with E-state index in [-0.39, 0.29) is 30.3 Å². The van der Waals surface area contributed by atoms with E-state index in [1.807, 2.05) is 53.4 Å². The molecule has 3 rings (SSSR count). The van der Waals surface area contributed by atoms with Crippen molar-refractivity contribution < 1.29 is 9.53 Å². The fraction of sp³-hybridized carbons (Fsp3) is 0.350. The van der Waals surface area contributed by atoms with Gasteiger partial charge in [-0.25, -0.2) is 0 Å². The van der Waals surface area contributed by atoms with Gasteiger partial charge in [-0.05, 0) is 24.1 Å². The van der Waals surface area contributed by atoms with Crippen LogP contribution in [0.3, 0.4) is 0 Å². The van der Waals surface area contributed by atoms with Crippen LogP contribution < -0.4 is 10.5 Å². The Morgan fingerprint density at radius 1 is 1.04 bits per heavy atom. The summed E-state index contributed by atoms with van der Waals surface area (Å²) in [7, 11) is 0. The summed E-state index contributed by atoms with van der Waals surface area (Å²) >= 11 is 0. The molecule has 0 aromatic heterocycles. The SMILES string of the molecule is Cl.N[C@@H]1CN(C(=O)CCCOc2ccccc2)C[C@H]1c1ccccc1. The summed E-state index contributed by atoms with van der Waals surface area (Å²) in [5, 5.41) is 0. The fourth-order valence-corrected chi connectivity index (χ4v) is 3.17. The van der Waals surface area contributed by atoms with Crippen molar-refractivity contribution in [3.05, 3.63) is 66.2 Å². The minimum atomic E-state index is 0. The summed E-state index contributed by atoms with van der Waals surface area (Å²) in [6.07, 6.45) is 1.22. The van der Waals surface area contributed by atoms with Crippen LogP contribution in [0.2, 0.25) is 0 Å². The molecule has 5 heteroatoms. The molecule has 2 aromatic carbocycles. The minimum Gasteiger partial charge on any atom is -0.494 e. The van der Waals surface area contributed by atoms with Gasteiger partial charge < -0.3 is 15.4 Å². The number of halogens is 1. The second kappa shape index (κ2) is 9.44. The van der Waals surface area contributed by atoms with Crippen LogP contribution in [0, 0.1) is 0 Å². The van der Waals surface area contributed by atoms with Crippen LogP contribution in [0.4, 0.5) is 0 Å². The summed E-state index contributed by atoms with van der Waals surface area (Å²) < 4.78 is 5.64. The van der Waals surface area contributed by atoms with Gasteiger partial charge in [-0.3, -0.25) is 4.79 Å². The number of nitrogens with two attached hydrogens (primary N) is 1. The highest BCUT2D eigenvalue weighted by molar-refractivity contribution is 5.85. The third kappa shape index (κ3) is 5.21. The number of carbonyl (C=O) groups is 1. The van der Waals surface area contributed by atoms with Gasteiger partial charge in [0.2, 0.25) is 5.91 Å². The number of hydrogen-bond acceptors (Lipinski definition) is 3. The molecule has 134 valence electrons. The van der Waals surface area contributed by atoms with Crippen LogP contribution >= 0.6 is 12.4 Å². The summed E-state index contributed by atoms with van der Waals surface area (Å²) in [6.45, 7) is 1.90. The molecule has 0 saturated carbocycles. The van der Waals surface area contributed by atoms with Crippen molar-refractivity contribution in [1.29, 1.82) is 0 Å². The molecule has 1 amide bonds. The predicted molar refractivity (Wildman–Crippen MR) is 102 cm³/mol. The zero-order valence-electron chi connectivity index (χ0n) is 14.2. The largest absolute Gasteiger partial charge is 0.494 e. The van der Waals surface area contributed by atoms with Crippen molar-refractivity contribution in [1.82, 2.24) is 4.90 Å². The molecule has 1 heterocycles. The number of likely N-dealkylation sites (tertiary alicyclic amines) is 1. The molecule has 1 fully saturated rings. The Balaban J connectivity index is 0.00000225. The van der Waals surface area contributed by atoms with Crippen LogP contribution in [-0.4, -0.2) is 36.5 Å². The zero-order chi connectivity index (χ0) is 16.8. The van der Waals surface area contributed by atoms with Crippen LogP contribution in [0.5, 0.6) is 5.75 Å². The standard InChI is InChI=1S/C20H24N2O2.ClH/c21-19-15-22(14-18(19)16-8-3-1-4-9-16)20(23)12-7-13-24-17-10-5-2-6-11-17;/h1-6,8-11,18-19H,7,12-15,21H2;1H/t18-,19+;/m0./s1. The highest BCUT2D eigenvalue weighted by Crippen LogP contribution is 2.26. The van der Waals surface area contributed by atoms with Crippen molar-refractivity contribution in [2.75, 3.05) is 19.7 Å². The molecule has 0 unspecified atom stereocenters. The fourth-order valence-electron chi connectivity index (χ4n) is 3.17. The first-order valence-electron chi connectivity index (χ1n) is 8.50. The molecule has 0 bridgehead atoms. The molecule has 2 atom stereocenters. The lowest BCUT2D eigenvalue weighted by Gasteiger charge is -2.16. The number of ether oxygens (including phenoxy) is 1. The Bertz CT molecular complexity index is 651. The van der Waals surface area contributed by atoms with Crippen molar-refractivity contribution >= 4 is 18.3 Å². The molecule has 2 N–H and O–H groups in total. The third-order valence-corrected chi connectivity index (χ3v) is 4.49. The Kier molecular flexibility index (Phi) is 7.29. The van der Waals surface area contributed by atoms with Gasteiger partial charge in [-0.1, -0.05) is 48.5 Å². The third-order valence-electron chi connectivity index (χ3n) is 4.49. The minimum absolute atomic E-state index is 0. The first kappa shape index (κ1) is 19.3. The molecule has 1 aliphatic heterocycles. The monoisotopic (exact) mass is 360 g/mol. The van der Waals surface area contributed by atoms with E-state index in [1.165, 1.54) is 5.56 Å². The van der Waals surface area contributed by atoms with Gasteiger partial charge in [0, 0.05) is 31.5 Å². The zero-order valence-corrected chi connectivity index (χ0v) is 15.0. The molecule has 0 spiro atoms. The lowest BCUT2D eigenvalue weighted by atomic mass is 9.95. The van der Waals surface area contributed by atoms with Crippen LogP contribution in [0.25, 0.3) is 0 Å². The first-order valence-corrected chi connectivity index (χ1v) is 8.50. The molecule has 1 aliphatic rings. The number of amides is 1. The smallest absolute Gasteiger partial charge is 0.222 e. The summed E-state index contributed by atoms with van der Waals surface area (Å²) in [4.78, 5) is 14.3. The second-order valence-corrected chi connectivity index (χ2v) is 6.24. The van der Waals surface area contributed by atoms with Gasteiger partial charge in [0.15, 0.2) is 0 Å². The average molecular weight is 361 g/mol. The van der Waals surface area contributed by atoms with Crippen molar-refractivity contribution in [3.63, 3.8) is 0 Å². The summed E-state index contributed by atoms with van der Waals surface area (Å²) in [6, 6.07) is 19.9. The number of nitrogens with zero attached hydrogens (tertiary/aromatic N) is 1. The molecule has 0 radical (unpaired) electrons. The van der Waals surface area contributed by atoms with E-state index in [0.29, 0.717) is 26.1 Å². The molecule has 1 saturated heterocycles. The maximum atomic E-state index is 12.4. The van der Waals surface area contributed by atoms with E-state index in [9.17, 15) is 4.79 Å². The van der Waals surface area contributed by atoms with Crippen LogP contribution in [-0.2, 0) is 4.79 Å². The summed E-state index contributed by atoms with van der Waals surface area (Å²) in [5.41, 5.74) is 7.47. The first-order chi connectivity index (χ1) is 11.7. The lowest BCUT2D eigenvalue weighted by Crippen LogP contribution is -2.32. The normalized spacial score (nSPS) is 19.3.